The molecule has 0 spiro atoms. The van der Waals surface area contributed by atoms with Crippen molar-refractivity contribution in [1.82, 2.24) is 4.90 Å². The van der Waals surface area contributed by atoms with Crippen LogP contribution in [0.1, 0.15) is 18.6 Å². The summed E-state index contributed by atoms with van der Waals surface area (Å²) in [5.41, 5.74) is 0.918. The van der Waals surface area contributed by atoms with Crippen LogP contribution in [0.25, 0.3) is 0 Å². The molecule has 0 amide bonds. The first-order valence-electron chi connectivity index (χ1n) is 5.90. The second kappa shape index (κ2) is 5.69. The minimum absolute atomic E-state index is 0.0332. The first kappa shape index (κ1) is 13.3. The molecule has 2 atom stereocenters. The molecule has 1 N–H and O–H groups in total. The van der Waals surface area contributed by atoms with Crippen molar-refractivity contribution in [2.75, 3.05) is 19.7 Å². The predicted molar refractivity (Wildman–Crippen MR) is 68.8 cm³/mol. The lowest BCUT2D eigenvalue weighted by Gasteiger charge is -2.37. The summed E-state index contributed by atoms with van der Waals surface area (Å²) in [5, 5.41) is 9.55. The number of ether oxygens (including phenoxy) is 1. The Hall–Kier alpha value is -1.10. The molecule has 1 saturated heterocycles. The minimum atomic E-state index is -0.818. The fourth-order valence-corrected chi connectivity index (χ4v) is 2.38. The van der Waals surface area contributed by atoms with Gasteiger partial charge >= 0.3 is 5.97 Å². The molecule has 2 rings (SSSR count). The third-order valence-electron chi connectivity index (χ3n) is 3.15. The normalized spacial score (nSPS) is 25.0. The van der Waals surface area contributed by atoms with Gasteiger partial charge < -0.3 is 9.84 Å². The molecule has 98 valence electrons. The topological polar surface area (TPSA) is 49.8 Å². The van der Waals surface area contributed by atoms with Crippen LogP contribution in [0.3, 0.4) is 0 Å². The van der Waals surface area contributed by atoms with Crippen molar-refractivity contribution >= 4 is 17.6 Å². The quantitative estimate of drug-likeness (QED) is 0.914. The molecule has 4 nitrogen and oxygen atoms in total. The summed E-state index contributed by atoms with van der Waals surface area (Å²) in [4.78, 5) is 12.7. The number of rotatable bonds is 3. The van der Waals surface area contributed by atoms with Crippen molar-refractivity contribution in [3.63, 3.8) is 0 Å². The molecular formula is C13H16ClNO3. The lowest BCUT2D eigenvalue weighted by Crippen LogP contribution is -2.47. The van der Waals surface area contributed by atoms with Gasteiger partial charge in [0.15, 0.2) is 0 Å². The van der Waals surface area contributed by atoms with Crippen LogP contribution in [0.2, 0.25) is 5.02 Å². The molecule has 0 saturated carbocycles. The molecular weight excluding hydrogens is 254 g/mol. The van der Waals surface area contributed by atoms with Gasteiger partial charge in [0.2, 0.25) is 0 Å². The van der Waals surface area contributed by atoms with Gasteiger partial charge in [0.1, 0.15) is 0 Å². The fraction of sp³-hybridized carbons (Fsp3) is 0.462. The van der Waals surface area contributed by atoms with E-state index in [1.165, 1.54) is 0 Å². The van der Waals surface area contributed by atoms with E-state index in [2.05, 4.69) is 0 Å². The van der Waals surface area contributed by atoms with Gasteiger partial charge in [0.25, 0.3) is 0 Å². The van der Waals surface area contributed by atoms with Crippen molar-refractivity contribution in [3.05, 3.63) is 34.9 Å². The Morgan fingerprint density at radius 3 is 2.94 bits per heavy atom. The number of hydrogen-bond donors (Lipinski definition) is 1. The number of morpholine rings is 1. The number of carboxylic acids is 1. The number of carbonyl (C=O) groups is 1. The molecule has 0 bridgehead atoms. The van der Waals surface area contributed by atoms with Gasteiger partial charge in [0.05, 0.1) is 19.3 Å². The average molecular weight is 270 g/mol. The lowest BCUT2D eigenvalue weighted by atomic mass is 10.1. The molecule has 0 aromatic heterocycles. The largest absolute Gasteiger partial charge is 0.480 e. The molecule has 1 aromatic carbocycles. The maximum Gasteiger partial charge on any atom is 0.317 e. The van der Waals surface area contributed by atoms with E-state index in [1.54, 1.807) is 0 Å². The fourth-order valence-electron chi connectivity index (χ4n) is 2.12. The molecule has 1 aromatic rings. The number of carboxylic acid groups (broad SMARTS) is 1. The van der Waals surface area contributed by atoms with Crippen LogP contribution in [0.4, 0.5) is 0 Å². The first-order valence-corrected chi connectivity index (χ1v) is 6.27. The summed E-state index contributed by atoms with van der Waals surface area (Å²) >= 11 is 6.13. The van der Waals surface area contributed by atoms with E-state index < -0.39 is 5.97 Å². The lowest BCUT2D eigenvalue weighted by molar-refractivity contribution is -0.142. The third kappa shape index (κ3) is 3.02. The van der Waals surface area contributed by atoms with Crippen LogP contribution in [-0.2, 0) is 9.53 Å². The SMILES string of the molecule is C[C@H]1CO[C@@H](c2ccccc2Cl)CN1CC(=O)O. The highest BCUT2D eigenvalue weighted by Gasteiger charge is 2.29. The highest BCUT2D eigenvalue weighted by molar-refractivity contribution is 6.31. The summed E-state index contributed by atoms with van der Waals surface area (Å²) in [6.07, 6.45) is -0.158. The van der Waals surface area contributed by atoms with Crippen molar-refractivity contribution in [3.8, 4) is 0 Å². The first-order chi connectivity index (χ1) is 8.58. The number of halogens is 1. The van der Waals surface area contributed by atoms with Crippen LogP contribution in [-0.4, -0.2) is 41.7 Å². The van der Waals surface area contributed by atoms with E-state index in [0.717, 1.165) is 5.56 Å². The number of aliphatic carboxylic acids is 1. The molecule has 1 heterocycles. The van der Waals surface area contributed by atoms with Crippen LogP contribution in [0.15, 0.2) is 24.3 Å². The van der Waals surface area contributed by atoms with Crippen molar-refractivity contribution in [2.24, 2.45) is 0 Å². The van der Waals surface area contributed by atoms with Gasteiger partial charge in [-0.15, -0.1) is 0 Å². The van der Waals surface area contributed by atoms with Crippen molar-refractivity contribution in [1.29, 1.82) is 0 Å². The second-order valence-corrected chi connectivity index (χ2v) is 4.92. The maximum atomic E-state index is 10.8. The predicted octanol–water partition coefficient (Wildman–Crippen LogP) is 2.19. The third-order valence-corrected chi connectivity index (χ3v) is 3.50. The number of nitrogens with zero attached hydrogens (tertiary/aromatic N) is 1. The summed E-state index contributed by atoms with van der Waals surface area (Å²) in [6, 6.07) is 7.62. The highest BCUT2D eigenvalue weighted by Crippen LogP contribution is 2.29. The molecule has 18 heavy (non-hydrogen) atoms. The van der Waals surface area contributed by atoms with Gasteiger partial charge in [-0.25, -0.2) is 0 Å². The van der Waals surface area contributed by atoms with Gasteiger partial charge in [-0.1, -0.05) is 29.8 Å². The zero-order chi connectivity index (χ0) is 13.1. The van der Waals surface area contributed by atoms with E-state index in [9.17, 15) is 4.79 Å². The number of hydrogen-bond acceptors (Lipinski definition) is 3. The molecule has 0 aliphatic carbocycles. The Morgan fingerprint density at radius 2 is 2.28 bits per heavy atom. The molecule has 0 radical (unpaired) electrons. The van der Waals surface area contributed by atoms with Crippen molar-refractivity contribution < 1.29 is 14.6 Å². The van der Waals surface area contributed by atoms with Crippen LogP contribution >= 0.6 is 11.6 Å². The Balaban J connectivity index is 2.12. The Kier molecular flexibility index (Phi) is 4.22. The molecule has 5 heteroatoms. The molecule has 1 aliphatic rings. The zero-order valence-electron chi connectivity index (χ0n) is 10.2. The average Bonchev–Trinajstić information content (AvgIpc) is 2.32. The monoisotopic (exact) mass is 269 g/mol. The summed E-state index contributed by atoms with van der Waals surface area (Å²) in [7, 11) is 0. The van der Waals surface area contributed by atoms with Crippen molar-refractivity contribution in [2.45, 2.75) is 19.1 Å². The number of benzene rings is 1. The minimum Gasteiger partial charge on any atom is -0.480 e. The second-order valence-electron chi connectivity index (χ2n) is 4.52. The zero-order valence-corrected chi connectivity index (χ0v) is 10.9. The van der Waals surface area contributed by atoms with Gasteiger partial charge in [-0.2, -0.15) is 0 Å². The summed E-state index contributed by atoms with van der Waals surface area (Å²) in [5.74, 6) is -0.818. The van der Waals surface area contributed by atoms with E-state index in [0.29, 0.717) is 18.2 Å². The van der Waals surface area contributed by atoms with Crippen LogP contribution < -0.4 is 0 Å². The van der Waals surface area contributed by atoms with E-state index in [1.807, 2.05) is 36.1 Å². The van der Waals surface area contributed by atoms with Crippen LogP contribution in [0, 0.1) is 0 Å². The van der Waals surface area contributed by atoms with Gasteiger partial charge in [-0.3, -0.25) is 9.69 Å². The highest BCUT2D eigenvalue weighted by atomic mass is 35.5. The molecule has 1 fully saturated rings. The standard InChI is InChI=1S/C13H16ClNO3/c1-9-8-18-12(6-15(9)7-13(16)17)10-4-2-3-5-11(10)14/h2-5,9,12H,6-8H2,1H3,(H,16,17)/t9-,12+/m0/s1. The van der Waals surface area contributed by atoms with E-state index >= 15 is 0 Å². The molecule has 1 aliphatic heterocycles. The van der Waals surface area contributed by atoms with Crippen LogP contribution in [0.5, 0.6) is 0 Å². The van der Waals surface area contributed by atoms with Gasteiger partial charge in [-0.05, 0) is 13.0 Å². The maximum absolute atomic E-state index is 10.8. The Morgan fingerprint density at radius 1 is 1.56 bits per heavy atom. The van der Waals surface area contributed by atoms with Gasteiger partial charge in [0, 0.05) is 23.2 Å². The summed E-state index contributed by atoms with van der Waals surface area (Å²) in [6.45, 7) is 3.07. The smallest absolute Gasteiger partial charge is 0.317 e. The van der Waals surface area contributed by atoms with E-state index in [4.69, 9.17) is 21.4 Å². The summed E-state index contributed by atoms with van der Waals surface area (Å²) < 4.78 is 5.75. The molecule has 0 unspecified atom stereocenters. The Bertz CT molecular complexity index is 438. The van der Waals surface area contributed by atoms with E-state index in [-0.39, 0.29) is 18.7 Å². The Labute approximate surface area is 111 Å².